The van der Waals surface area contributed by atoms with E-state index in [4.69, 9.17) is 18.0 Å². The highest BCUT2D eigenvalue weighted by Crippen LogP contribution is 2.21. The van der Waals surface area contributed by atoms with Crippen molar-refractivity contribution in [2.45, 2.75) is 26.2 Å². The fourth-order valence-corrected chi connectivity index (χ4v) is 2.71. The van der Waals surface area contributed by atoms with Crippen LogP contribution in [-0.4, -0.2) is 20.5 Å². The smallest absolute Gasteiger partial charge is 0.269 e. The van der Waals surface area contributed by atoms with Crippen LogP contribution in [0.3, 0.4) is 0 Å². The van der Waals surface area contributed by atoms with Gasteiger partial charge in [0, 0.05) is 12.1 Å². The summed E-state index contributed by atoms with van der Waals surface area (Å²) < 4.78 is 3.86. The number of hydrogen-bond acceptors (Lipinski definition) is 5. The van der Waals surface area contributed by atoms with Gasteiger partial charge in [0.1, 0.15) is 4.88 Å². The number of benzene rings is 1. The van der Waals surface area contributed by atoms with E-state index in [1.165, 1.54) is 0 Å². The predicted molar refractivity (Wildman–Crippen MR) is 88.9 cm³/mol. The second kappa shape index (κ2) is 6.73. The maximum Gasteiger partial charge on any atom is 0.269 e. The van der Waals surface area contributed by atoms with Crippen LogP contribution in [0.2, 0.25) is 0 Å². The molecule has 0 atom stereocenters. The molecule has 0 radical (unpaired) electrons. The Labute approximate surface area is 132 Å². The van der Waals surface area contributed by atoms with Crippen molar-refractivity contribution in [1.82, 2.24) is 9.59 Å². The number of nitrogens with two attached hydrogens (primary N) is 1. The van der Waals surface area contributed by atoms with Gasteiger partial charge in [0.25, 0.3) is 5.91 Å². The van der Waals surface area contributed by atoms with Crippen molar-refractivity contribution >= 4 is 40.3 Å². The highest BCUT2D eigenvalue weighted by Gasteiger charge is 2.18. The standard InChI is InChI=1S/C14H16N4OS2/c1-8(2)12-13(21-18-17-12)14(19)16-10-5-3-9(4-6-10)7-11(15)20/h3-6,8H,7H2,1-2H3,(H2,15,20)(H,16,19). The second-order valence-corrected chi connectivity index (χ2v) is 6.21. The molecular weight excluding hydrogens is 304 g/mol. The van der Waals surface area contributed by atoms with Gasteiger partial charge in [-0.25, -0.2) is 0 Å². The maximum atomic E-state index is 12.2. The van der Waals surface area contributed by atoms with E-state index in [2.05, 4.69) is 14.9 Å². The van der Waals surface area contributed by atoms with Crippen LogP contribution >= 0.6 is 23.8 Å². The van der Waals surface area contributed by atoms with Gasteiger partial charge in [0.15, 0.2) is 0 Å². The van der Waals surface area contributed by atoms with E-state index in [-0.39, 0.29) is 11.8 Å². The Morgan fingerprint density at radius 1 is 1.38 bits per heavy atom. The summed E-state index contributed by atoms with van der Waals surface area (Å²) in [6, 6.07) is 7.44. The fourth-order valence-electron chi connectivity index (χ4n) is 1.83. The number of thiocarbonyl (C=S) groups is 1. The lowest BCUT2D eigenvalue weighted by atomic mass is 10.1. The van der Waals surface area contributed by atoms with E-state index >= 15 is 0 Å². The molecule has 1 aromatic carbocycles. The van der Waals surface area contributed by atoms with Crippen LogP contribution in [0.4, 0.5) is 5.69 Å². The van der Waals surface area contributed by atoms with Gasteiger partial charge in [0.2, 0.25) is 0 Å². The molecule has 2 aromatic rings. The largest absolute Gasteiger partial charge is 0.393 e. The van der Waals surface area contributed by atoms with Crippen LogP contribution in [0.5, 0.6) is 0 Å². The van der Waals surface area contributed by atoms with E-state index in [0.717, 1.165) is 28.5 Å². The first-order chi connectivity index (χ1) is 9.97. The van der Waals surface area contributed by atoms with Crippen molar-refractivity contribution in [3.63, 3.8) is 0 Å². The molecule has 1 amide bonds. The number of hydrogen-bond donors (Lipinski definition) is 2. The highest BCUT2D eigenvalue weighted by atomic mass is 32.1. The molecule has 5 nitrogen and oxygen atoms in total. The molecule has 2 rings (SSSR count). The summed E-state index contributed by atoms with van der Waals surface area (Å²) in [5.74, 6) is -0.0201. The Bertz CT molecular complexity index is 649. The summed E-state index contributed by atoms with van der Waals surface area (Å²) >= 11 is 5.98. The van der Waals surface area contributed by atoms with Crippen LogP contribution in [0.1, 0.15) is 40.7 Å². The monoisotopic (exact) mass is 320 g/mol. The topological polar surface area (TPSA) is 80.9 Å². The third-order valence-corrected chi connectivity index (χ3v) is 3.74. The highest BCUT2D eigenvalue weighted by molar-refractivity contribution is 7.80. The minimum atomic E-state index is -0.184. The minimum absolute atomic E-state index is 0.164. The third kappa shape index (κ3) is 4.05. The van der Waals surface area contributed by atoms with Gasteiger partial charge < -0.3 is 11.1 Å². The molecule has 0 aliphatic carbocycles. The third-order valence-electron chi connectivity index (χ3n) is 2.86. The second-order valence-electron chi connectivity index (χ2n) is 4.94. The van der Waals surface area contributed by atoms with Crippen LogP contribution in [0.15, 0.2) is 24.3 Å². The van der Waals surface area contributed by atoms with Crippen molar-refractivity contribution < 1.29 is 4.79 Å². The summed E-state index contributed by atoms with van der Waals surface area (Å²) in [4.78, 5) is 13.2. The minimum Gasteiger partial charge on any atom is -0.393 e. The summed E-state index contributed by atoms with van der Waals surface area (Å²) in [6.07, 6.45) is 0.555. The Morgan fingerprint density at radius 2 is 2.05 bits per heavy atom. The molecule has 1 heterocycles. The zero-order chi connectivity index (χ0) is 15.4. The molecule has 0 unspecified atom stereocenters. The quantitative estimate of drug-likeness (QED) is 0.828. The summed E-state index contributed by atoms with van der Waals surface area (Å²) in [6.45, 7) is 3.97. The number of nitrogens with one attached hydrogen (secondary N) is 1. The lowest BCUT2D eigenvalue weighted by Crippen LogP contribution is -2.13. The molecule has 110 valence electrons. The van der Waals surface area contributed by atoms with Crippen molar-refractivity contribution in [2.24, 2.45) is 5.73 Å². The molecular formula is C14H16N4OS2. The van der Waals surface area contributed by atoms with Crippen molar-refractivity contribution in [3.05, 3.63) is 40.4 Å². The van der Waals surface area contributed by atoms with E-state index in [9.17, 15) is 4.79 Å². The van der Waals surface area contributed by atoms with Crippen LogP contribution in [0.25, 0.3) is 0 Å². The first-order valence-corrected chi connectivity index (χ1v) is 7.66. The molecule has 0 aliphatic rings. The lowest BCUT2D eigenvalue weighted by molar-refractivity contribution is 0.102. The number of nitrogens with zero attached hydrogens (tertiary/aromatic N) is 2. The van der Waals surface area contributed by atoms with E-state index < -0.39 is 0 Å². The van der Waals surface area contributed by atoms with Gasteiger partial charge in [-0.2, -0.15) is 0 Å². The Balaban J connectivity index is 2.09. The van der Waals surface area contributed by atoms with Gasteiger partial charge in [-0.3, -0.25) is 4.79 Å². The van der Waals surface area contributed by atoms with E-state index in [1.807, 2.05) is 38.1 Å². The molecule has 1 aromatic heterocycles. The molecule has 0 spiro atoms. The predicted octanol–water partition coefficient (Wildman–Crippen LogP) is 2.74. The van der Waals surface area contributed by atoms with Crippen LogP contribution in [0, 0.1) is 0 Å². The first-order valence-electron chi connectivity index (χ1n) is 6.48. The fraction of sp³-hybridized carbons (Fsp3) is 0.286. The van der Waals surface area contributed by atoms with Gasteiger partial charge in [-0.05, 0) is 35.1 Å². The number of anilines is 1. The maximum absolute atomic E-state index is 12.2. The number of aromatic nitrogens is 2. The SMILES string of the molecule is CC(C)c1nnsc1C(=O)Nc1ccc(CC(N)=S)cc1. The lowest BCUT2D eigenvalue weighted by Gasteiger charge is -2.07. The van der Waals surface area contributed by atoms with Crippen molar-refractivity contribution in [3.8, 4) is 0 Å². The van der Waals surface area contributed by atoms with Gasteiger partial charge in [0.05, 0.1) is 10.7 Å². The molecule has 0 fully saturated rings. The number of amides is 1. The summed E-state index contributed by atoms with van der Waals surface area (Å²) in [5, 5.41) is 6.85. The summed E-state index contributed by atoms with van der Waals surface area (Å²) in [5.41, 5.74) is 7.96. The molecule has 0 saturated heterocycles. The Morgan fingerprint density at radius 3 is 2.62 bits per heavy atom. The van der Waals surface area contributed by atoms with Crippen molar-refractivity contribution in [1.29, 1.82) is 0 Å². The van der Waals surface area contributed by atoms with Crippen molar-refractivity contribution in [2.75, 3.05) is 5.32 Å². The van der Waals surface area contributed by atoms with Crippen LogP contribution < -0.4 is 11.1 Å². The van der Waals surface area contributed by atoms with E-state index in [0.29, 0.717) is 16.3 Å². The molecule has 3 N–H and O–H groups in total. The molecule has 0 saturated carbocycles. The van der Waals surface area contributed by atoms with Crippen LogP contribution in [-0.2, 0) is 6.42 Å². The zero-order valence-electron chi connectivity index (χ0n) is 11.8. The van der Waals surface area contributed by atoms with Gasteiger partial charge >= 0.3 is 0 Å². The number of carbonyl (C=O) groups excluding carboxylic acids is 1. The normalized spacial score (nSPS) is 10.6. The average molecular weight is 320 g/mol. The average Bonchev–Trinajstić information content (AvgIpc) is 2.90. The molecule has 0 bridgehead atoms. The summed E-state index contributed by atoms with van der Waals surface area (Å²) in [7, 11) is 0. The van der Waals surface area contributed by atoms with Gasteiger partial charge in [-0.1, -0.05) is 42.7 Å². The van der Waals surface area contributed by atoms with Gasteiger partial charge in [-0.15, -0.1) is 5.10 Å². The number of rotatable bonds is 5. The van der Waals surface area contributed by atoms with E-state index in [1.54, 1.807) is 0 Å². The Kier molecular flexibility index (Phi) is 4.98. The molecule has 7 heteroatoms. The number of carbonyl (C=O) groups is 1. The molecule has 0 aliphatic heterocycles. The first kappa shape index (κ1) is 15.5. The zero-order valence-corrected chi connectivity index (χ0v) is 13.4. The molecule has 21 heavy (non-hydrogen) atoms. The Hall–Kier alpha value is -1.86.